The molecule has 0 spiro atoms. The van der Waals surface area contributed by atoms with E-state index in [-0.39, 0.29) is 5.91 Å². The number of thiazole rings is 1. The Balaban J connectivity index is 1.42. The van der Waals surface area contributed by atoms with E-state index in [2.05, 4.69) is 36.2 Å². The zero-order valence-corrected chi connectivity index (χ0v) is 16.5. The molecule has 0 radical (unpaired) electrons. The number of likely N-dealkylation sites (tertiary alicyclic amines) is 1. The summed E-state index contributed by atoms with van der Waals surface area (Å²) in [7, 11) is 0. The smallest absolute Gasteiger partial charge is 0.253 e. The number of aryl methyl sites for hydroxylation is 2. The summed E-state index contributed by atoms with van der Waals surface area (Å²) in [5, 5.41) is 0.545. The highest BCUT2D eigenvalue weighted by Crippen LogP contribution is 2.27. The van der Waals surface area contributed by atoms with Crippen molar-refractivity contribution in [2.24, 2.45) is 5.92 Å². The number of nitrogens with zero attached hydrogens (tertiary/aromatic N) is 2. The van der Waals surface area contributed by atoms with E-state index in [1.54, 1.807) is 0 Å². The third-order valence-corrected chi connectivity index (χ3v) is 6.41. The highest BCUT2D eigenvalue weighted by molar-refractivity contribution is 7.22. The summed E-state index contributed by atoms with van der Waals surface area (Å²) in [6.45, 7) is 3.87. The summed E-state index contributed by atoms with van der Waals surface area (Å²) < 4.78 is 1.03. The van der Waals surface area contributed by atoms with Crippen molar-refractivity contribution in [2.45, 2.75) is 32.6 Å². The Morgan fingerprint density at radius 2 is 2.15 bits per heavy atom. The molecule has 2 aromatic carbocycles. The Hall–Kier alpha value is -2.40. The van der Waals surface area contributed by atoms with Gasteiger partial charge in [0, 0.05) is 18.7 Å². The van der Waals surface area contributed by atoms with E-state index >= 15 is 0 Å². The van der Waals surface area contributed by atoms with Crippen LogP contribution in [0.15, 0.2) is 42.5 Å². The molecular formula is C22H25N3OS. The van der Waals surface area contributed by atoms with Crippen LogP contribution < -0.4 is 5.73 Å². The quantitative estimate of drug-likeness (QED) is 0.716. The summed E-state index contributed by atoms with van der Waals surface area (Å²) in [6, 6.07) is 14.3. The molecule has 2 N–H and O–H groups in total. The van der Waals surface area contributed by atoms with Crippen molar-refractivity contribution in [3.63, 3.8) is 0 Å². The number of nitrogens with two attached hydrogens (primary N) is 1. The van der Waals surface area contributed by atoms with Crippen LogP contribution in [-0.4, -0.2) is 28.9 Å². The Labute approximate surface area is 164 Å². The summed E-state index contributed by atoms with van der Waals surface area (Å²) in [5.74, 6) is 0.685. The number of hydrogen-bond donors (Lipinski definition) is 1. The summed E-state index contributed by atoms with van der Waals surface area (Å²) in [4.78, 5) is 19.3. The second-order valence-corrected chi connectivity index (χ2v) is 8.52. The SMILES string of the molecule is Cc1ccccc1CC[C@H]1CCCN(C(=O)c2ccc3sc(N)nc3c2)C1. The fourth-order valence-electron chi connectivity index (χ4n) is 4.00. The molecule has 1 fully saturated rings. The van der Waals surface area contributed by atoms with Crippen LogP contribution in [0.4, 0.5) is 5.13 Å². The number of piperidine rings is 1. The van der Waals surface area contributed by atoms with Crippen molar-refractivity contribution in [3.8, 4) is 0 Å². The van der Waals surface area contributed by atoms with Gasteiger partial charge in [-0.2, -0.15) is 0 Å². The zero-order valence-electron chi connectivity index (χ0n) is 15.6. The monoisotopic (exact) mass is 379 g/mol. The van der Waals surface area contributed by atoms with Gasteiger partial charge < -0.3 is 10.6 Å². The average molecular weight is 380 g/mol. The molecule has 140 valence electrons. The first-order valence-corrected chi connectivity index (χ1v) is 10.4. The van der Waals surface area contributed by atoms with Crippen molar-refractivity contribution in [1.82, 2.24) is 9.88 Å². The van der Waals surface area contributed by atoms with Crippen LogP contribution >= 0.6 is 11.3 Å². The minimum atomic E-state index is 0.115. The fraction of sp³-hybridized carbons (Fsp3) is 0.364. The molecule has 1 atom stereocenters. The normalized spacial score (nSPS) is 17.4. The van der Waals surface area contributed by atoms with E-state index in [9.17, 15) is 4.79 Å². The standard InChI is InChI=1S/C22H25N3OS/c1-15-5-2-3-7-17(15)9-8-16-6-4-12-25(14-16)21(26)18-10-11-20-19(13-18)24-22(23)27-20/h2-3,5,7,10-11,13,16H,4,6,8-9,12,14H2,1H3,(H2,23,24)/t16-/m1/s1. The van der Waals surface area contributed by atoms with Gasteiger partial charge in [0.2, 0.25) is 0 Å². The van der Waals surface area contributed by atoms with Crippen molar-refractivity contribution < 1.29 is 4.79 Å². The van der Waals surface area contributed by atoms with Gasteiger partial charge in [0.25, 0.3) is 5.91 Å². The Bertz CT molecular complexity index is 965. The van der Waals surface area contributed by atoms with Crippen molar-refractivity contribution in [2.75, 3.05) is 18.8 Å². The number of carbonyl (C=O) groups excluding carboxylic acids is 1. The largest absolute Gasteiger partial charge is 0.375 e. The molecule has 4 nitrogen and oxygen atoms in total. The van der Waals surface area contributed by atoms with E-state index in [1.807, 2.05) is 23.1 Å². The van der Waals surface area contributed by atoms with Gasteiger partial charge in [-0.3, -0.25) is 4.79 Å². The molecule has 0 unspecified atom stereocenters. The van der Waals surface area contributed by atoms with Gasteiger partial charge >= 0.3 is 0 Å². The van der Waals surface area contributed by atoms with E-state index < -0.39 is 0 Å². The molecule has 27 heavy (non-hydrogen) atoms. The number of benzene rings is 2. The van der Waals surface area contributed by atoms with Gasteiger partial charge in [0.1, 0.15) is 0 Å². The van der Waals surface area contributed by atoms with Crippen LogP contribution in [0, 0.1) is 12.8 Å². The minimum absolute atomic E-state index is 0.115. The van der Waals surface area contributed by atoms with E-state index in [0.717, 1.165) is 42.6 Å². The minimum Gasteiger partial charge on any atom is -0.375 e. The number of hydrogen-bond acceptors (Lipinski definition) is 4. The van der Waals surface area contributed by atoms with Crippen LogP contribution in [0.25, 0.3) is 10.2 Å². The van der Waals surface area contributed by atoms with Gasteiger partial charge in [-0.05, 0) is 67.9 Å². The average Bonchev–Trinajstić information content (AvgIpc) is 3.06. The summed E-state index contributed by atoms with van der Waals surface area (Å²) in [6.07, 6.45) is 4.51. The molecule has 5 heteroatoms. The molecule has 1 aliphatic rings. The van der Waals surface area contributed by atoms with Gasteiger partial charge in [0.15, 0.2) is 5.13 Å². The van der Waals surface area contributed by atoms with Crippen LogP contribution in [-0.2, 0) is 6.42 Å². The highest BCUT2D eigenvalue weighted by atomic mass is 32.1. The maximum atomic E-state index is 13.0. The van der Waals surface area contributed by atoms with Gasteiger partial charge in [-0.25, -0.2) is 4.98 Å². The maximum absolute atomic E-state index is 13.0. The fourth-order valence-corrected chi connectivity index (χ4v) is 4.71. The maximum Gasteiger partial charge on any atom is 0.253 e. The molecule has 1 aromatic heterocycles. The van der Waals surface area contributed by atoms with Crippen molar-refractivity contribution >= 4 is 32.6 Å². The lowest BCUT2D eigenvalue weighted by Gasteiger charge is -2.33. The molecule has 0 saturated carbocycles. The first-order valence-electron chi connectivity index (χ1n) is 9.60. The van der Waals surface area contributed by atoms with E-state index in [1.165, 1.54) is 28.9 Å². The van der Waals surface area contributed by atoms with Crippen LogP contribution in [0.1, 0.15) is 40.7 Å². The first-order chi connectivity index (χ1) is 13.1. The molecule has 1 aliphatic heterocycles. The predicted molar refractivity (Wildman–Crippen MR) is 112 cm³/mol. The van der Waals surface area contributed by atoms with Gasteiger partial charge in [-0.1, -0.05) is 35.6 Å². The molecule has 0 bridgehead atoms. The zero-order chi connectivity index (χ0) is 18.8. The van der Waals surface area contributed by atoms with E-state index in [4.69, 9.17) is 5.73 Å². The summed E-state index contributed by atoms with van der Waals surface area (Å²) in [5.41, 5.74) is 10.1. The Kier molecular flexibility index (Phi) is 5.12. The lowest BCUT2D eigenvalue weighted by Crippen LogP contribution is -2.40. The predicted octanol–water partition coefficient (Wildman–Crippen LogP) is 4.67. The lowest BCUT2D eigenvalue weighted by atomic mass is 9.90. The number of amides is 1. The molecule has 1 saturated heterocycles. The number of aromatic nitrogens is 1. The van der Waals surface area contributed by atoms with Crippen molar-refractivity contribution in [3.05, 3.63) is 59.2 Å². The Morgan fingerprint density at radius 3 is 3.00 bits per heavy atom. The van der Waals surface area contributed by atoms with Gasteiger partial charge in [0.05, 0.1) is 10.2 Å². The topological polar surface area (TPSA) is 59.2 Å². The number of nitrogen functional groups attached to an aromatic ring is 1. The van der Waals surface area contributed by atoms with Crippen molar-refractivity contribution in [1.29, 1.82) is 0 Å². The van der Waals surface area contributed by atoms with Crippen LogP contribution in [0.2, 0.25) is 0 Å². The number of fused-ring (bicyclic) bond motifs is 1. The van der Waals surface area contributed by atoms with Crippen LogP contribution in [0.5, 0.6) is 0 Å². The second-order valence-electron chi connectivity index (χ2n) is 7.46. The highest BCUT2D eigenvalue weighted by Gasteiger charge is 2.24. The molecule has 4 rings (SSSR count). The molecule has 0 aliphatic carbocycles. The third kappa shape index (κ3) is 3.98. The molecule has 3 aromatic rings. The number of rotatable bonds is 4. The molecule has 1 amide bonds. The number of carbonyl (C=O) groups is 1. The van der Waals surface area contributed by atoms with E-state index in [0.29, 0.717) is 16.6 Å². The van der Waals surface area contributed by atoms with Gasteiger partial charge in [-0.15, -0.1) is 0 Å². The molecule has 2 heterocycles. The van der Waals surface area contributed by atoms with Crippen LogP contribution in [0.3, 0.4) is 0 Å². The number of anilines is 1. The Morgan fingerprint density at radius 1 is 1.30 bits per heavy atom. The third-order valence-electron chi connectivity index (χ3n) is 5.54. The second kappa shape index (κ2) is 7.69. The summed E-state index contributed by atoms with van der Waals surface area (Å²) >= 11 is 1.46. The first kappa shape index (κ1) is 18.0. The lowest BCUT2D eigenvalue weighted by molar-refractivity contribution is 0.0668. The molecular weight excluding hydrogens is 354 g/mol.